The molecule has 0 N–H and O–H groups in total. The van der Waals surface area contributed by atoms with Gasteiger partial charge < -0.3 is 4.57 Å². The van der Waals surface area contributed by atoms with Crippen molar-refractivity contribution in [3.05, 3.63) is 24.2 Å². The van der Waals surface area contributed by atoms with E-state index in [1.54, 1.807) is 0 Å². The number of terminal acetylenes is 1. The van der Waals surface area contributed by atoms with Crippen LogP contribution in [0.25, 0.3) is 5.65 Å². The summed E-state index contributed by atoms with van der Waals surface area (Å²) in [5.74, 6) is 3.33. The highest BCUT2D eigenvalue weighted by molar-refractivity contribution is 5.42. The molecule has 1 fully saturated rings. The van der Waals surface area contributed by atoms with Gasteiger partial charge in [-0.05, 0) is 12.8 Å². The van der Waals surface area contributed by atoms with Crippen LogP contribution in [0.5, 0.6) is 0 Å². The van der Waals surface area contributed by atoms with Crippen LogP contribution in [-0.4, -0.2) is 14.2 Å². The van der Waals surface area contributed by atoms with Crippen molar-refractivity contribution in [1.82, 2.24) is 14.2 Å². The molecule has 2 aromatic rings. The summed E-state index contributed by atoms with van der Waals surface area (Å²) >= 11 is 0. The Labute approximate surface area is 101 Å². The van der Waals surface area contributed by atoms with Crippen LogP contribution in [0.15, 0.2) is 18.5 Å². The van der Waals surface area contributed by atoms with Gasteiger partial charge in [-0.2, -0.15) is 5.10 Å². The van der Waals surface area contributed by atoms with E-state index < -0.39 is 0 Å². The van der Waals surface area contributed by atoms with Crippen LogP contribution in [0.4, 0.5) is 0 Å². The monoisotopic (exact) mass is 227 g/mol. The molecule has 3 rings (SSSR count). The van der Waals surface area contributed by atoms with Crippen LogP contribution in [0.1, 0.15) is 43.7 Å². The lowest BCUT2D eigenvalue weighted by molar-refractivity contribution is 0.435. The Hall–Kier alpha value is -1.69. The molecular formula is C14H17N3. The number of fused-ring (bicyclic) bond motifs is 1. The molecule has 88 valence electrons. The van der Waals surface area contributed by atoms with Crippen molar-refractivity contribution >= 4 is 5.65 Å². The van der Waals surface area contributed by atoms with Crippen molar-refractivity contribution in [2.75, 3.05) is 0 Å². The molecule has 0 atom stereocenters. The van der Waals surface area contributed by atoms with Gasteiger partial charge in [0.25, 0.3) is 0 Å². The Morgan fingerprint density at radius 1 is 1.29 bits per heavy atom. The quantitative estimate of drug-likeness (QED) is 0.723. The summed E-state index contributed by atoms with van der Waals surface area (Å²) in [6.45, 7) is 0.617. The third-order valence-corrected chi connectivity index (χ3v) is 3.70. The second-order valence-electron chi connectivity index (χ2n) is 4.84. The molecule has 17 heavy (non-hydrogen) atoms. The molecule has 0 unspecified atom stereocenters. The number of aromatic nitrogens is 3. The summed E-state index contributed by atoms with van der Waals surface area (Å²) in [6, 6.07) is 2.20. The average molecular weight is 227 g/mol. The Morgan fingerprint density at radius 3 is 2.88 bits per heavy atom. The molecule has 0 aromatic carbocycles. The van der Waals surface area contributed by atoms with Crippen molar-refractivity contribution in [3.8, 4) is 12.3 Å². The van der Waals surface area contributed by atoms with E-state index in [2.05, 4.69) is 21.7 Å². The zero-order valence-electron chi connectivity index (χ0n) is 9.97. The predicted octanol–water partition coefficient (Wildman–Crippen LogP) is 2.82. The van der Waals surface area contributed by atoms with Crippen LogP contribution >= 0.6 is 0 Å². The van der Waals surface area contributed by atoms with Crippen molar-refractivity contribution in [3.63, 3.8) is 0 Å². The minimum atomic E-state index is 0.617. The largest absolute Gasteiger partial charge is 0.320 e. The van der Waals surface area contributed by atoms with Crippen molar-refractivity contribution in [1.29, 1.82) is 0 Å². The smallest absolute Gasteiger partial charge is 0.136 e. The van der Waals surface area contributed by atoms with Gasteiger partial charge in [-0.1, -0.05) is 25.2 Å². The van der Waals surface area contributed by atoms with Crippen molar-refractivity contribution < 1.29 is 0 Å². The molecule has 2 aromatic heterocycles. The lowest BCUT2D eigenvalue weighted by Crippen LogP contribution is -2.05. The molecule has 0 amide bonds. The highest BCUT2D eigenvalue weighted by Crippen LogP contribution is 2.32. The molecule has 3 heteroatoms. The van der Waals surface area contributed by atoms with Crippen LogP contribution < -0.4 is 0 Å². The second kappa shape index (κ2) is 4.29. The van der Waals surface area contributed by atoms with Crippen molar-refractivity contribution in [2.45, 2.75) is 44.6 Å². The first kappa shape index (κ1) is 10.5. The average Bonchev–Trinajstić information content (AvgIpc) is 2.93. The van der Waals surface area contributed by atoms with Gasteiger partial charge in [0.2, 0.25) is 0 Å². The Kier molecular flexibility index (Phi) is 2.64. The first-order valence-corrected chi connectivity index (χ1v) is 6.36. The molecule has 0 radical (unpaired) electrons. The zero-order chi connectivity index (χ0) is 11.7. The van der Waals surface area contributed by atoms with E-state index in [0.717, 1.165) is 5.65 Å². The van der Waals surface area contributed by atoms with Crippen LogP contribution in [0.2, 0.25) is 0 Å². The van der Waals surface area contributed by atoms with Gasteiger partial charge >= 0.3 is 0 Å². The molecule has 2 heterocycles. The van der Waals surface area contributed by atoms with E-state index in [1.807, 2.05) is 16.9 Å². The van der Waals surface area contributed by atoms with Gasteiger partial charge in [0.05, 0.1) is 12.2 Å². The molecule has 1 aliphatic rings. The highest BCUT2D eigenvalue weighted by Gasteiger charge is 2.19. The first-order chi connectivity index (χ1) is 8.38. The van der Waals surface area contributed by atoms with Crippen LogP contribution in [0, 0.1) is 12.3 Å². The first-order valence-electron chi connectivity index (χ1n) is 6.36. The zero-order valence-corrected chi connectivity index (χ0v) is 9.97. The Morgan fingerprint density at radius 2 is 2.12 bits per heavy atom. The van der Waals surface area contributed by atoms with Gasteiger partial charge in [0.1, 0.15) is 5.65 Å². The lowest BCUT2D eigenvalue weighted by Gasteiger charge is -2.19. The third-order valence-electron chi connectivity index (χ3n) is 3.70. The number of imidazole rings is 1. The van der Waals surface area contributed by atoms with Crippen LogP contribution in [0.3, 0.4) is 0 Å². The maximum atomic E-state index is 5.36. The summed E-state index contributed by atoms with van der Waals surface area (Å²) in [6.07, 6.45) is 16.0. The van der Waals surface area contributed by atoms with E-state index in [-0.39, 0.29) is 0 Å². The summed E-state index contributed by atoms with van der Waals surface area (Å²) in [7, 11) is 0. The second-order valence-corrected chi connectivity index (χ2v) is 4.84. The Balaban J connectivity index is 1.93. The molecule has 0 bridgehead atoms. The molecular weight excluding hydrogens is 210 g/mol. The topological polar surface area (TPSA) is 22.2 Å². The third kappa shape index (κ3) is 1.84. The fourth-order valence-corrected chi connectivity index (χ4v) is 2.78. The normalized spacial score (nSPS) is 17.4. The molecule has 1 saturated carbocycles. The minimum Gasteiger partial charge on any atom is -0.320 e. The predicted molar refractivity (Wildman–Crippen MR) is 67.8 cm³/mol. The van der Waals surface area contributed by atoms with E-state index in [4.69, 9.17) is 6.42 Å². The summed E-state index contributed by atoms with van der Waals surface area (Å²) in [5.41, 5.74) is 2.36. The SMILES string of the molecule is C#CCn1ccn2nc(C3CCCCC3)cc12. The number of hydrogen-bond donors (Lipinski definition) is 0. The summed E-state index contributed by atoms with van der Waals surface area (Å²) in [4.78, 5) is 0. The van der Waals surface area contributed by atoms with Gasteiger partial charge in [0.15, 0.2) is 0 Å². The van der Waals surface area contributed by atoms with Gasteiger partial charge in [0, 0.05) is 24.4 Å². The van der Waals surface area contributed by atoms with E-state index >= 15 is 0 Å². The number of nitrogens with zero attached hydrogens (tertiary/aromatic N) is 3. The number of hydrogen-bond acceptors (Lipinski definition) is 1. The van der Waals surface area contributed by atoms with Gasteiger partial charge in [-0.25, -0.2) is 4.52 Å². The van der Waals surface area contributed by atoms with E-state index in [9.17, 15) is 0 Å². The molecule has 1 aliphatic carbocycles. The van der Waals surface area contributed by atoms with E-state index in [1.165, 1.54) is 37.8 Å². The standard InChI is InChI=1S/C14H17N3/c1-2-8-16-9-10-17-14(16)11-13(15-17)12-6-4-3-5-7-12/h1,9-12H,3-8H2. The Bertz CT molecular complexity index is 550. The van der Waals surface area contributed by atoms with Gasteiger partial charge in [-0.15, -0.1) is 6.42 Å². The van der Waals surface area contributed by atoms with Crippen LogP contribution in [-0.2, 0) is 6.54 Å². The molecule has 0 aliphatic heterocycles. The van der Waals surface area contributed by atoms with Gasteiger partial charge in [-0.3, -0.25) is 0 Å². The number of rotatable bonds is 2. The summed E-state index contributed by atoms with van der Waals surface area (Å²) < 4.78 is 4.01. The van der Waals surface area contributed by atoms with Crippen molar-refractivity contribution in [2.24, 2.45) is 0 Å². The maximum Gasteiger partial charge on any atom is 0.136 e. The molecule has 0 saturated heterocycles. The fourth-order valence-electron chi connectivity index (χ4n) is 2.78. The lowest BCUT2D eigenvalue weighted by atomic mass is 9.87. The minimum absolute atomic E-state index is 0.617. The fraction of sp³-hybridized carbons (Fsp3) is 0.500. The highest BCUT2D eigenvalue weighted by atomic mass is 15.3. The molecule has 0 spiro atoms. The molecule has 3 nitrogen and oxygen atoms in total. The maximum absolute atomic E-state index is 5.36. The summed E-state index contributed by atoms with van der Waals surface area (Å²) in [5, 5.41) is 4.67. The van der Waals surface area contributed by atoms with E-state index in [0.29, 0.717) is 12.5 Å².